The van der Waals surface area contributed by atoms with Crippen molar-refractivity contribution >= 4 is 38.2 Å². The summed E-state index contributed by atoms with van der Waals surface area (Å²) in [7, 11) is 1.83. The highest BCUT2D eigenvalue weighted by molar-refractivity contribution is 7.17. The molecular formula is C23H22N4O3S. The van der Waals surface area contributed by atoms with Gasteiger partial charge >= 0.3 is 0 Å². The van der Waals surface area contributed by atoms with Gasteiger partial charge < -0.3 is 14.6 Å². The van der Waals surface area contributed by atoms with Crippen molar-refractivity contribution in [2.24, 2.45) is 5.92 Å². The van der Waals surface area contributed by atoms with Crippen LogP contribution in [-0.4, -0.2) is 46.0 Å². The molecule has 158 valence electrons. The zero-order valence-electron chi connectivity index (χ0n) is 17.3. The highest BCUT2D eigenvalue weighted by Gasteiger charge is 2.24. The predicted octanol–water partition coefficient (Wildman–Crippen LogP) is 3.76. The third kappa shape index (κ3) is 3.79. The highest BCUT2D eigenvalue weighted by atomic mass is 32.1. The monoisotopic (exact) mass is 434 g/mol. The predicted molar refractivity (Wildman–Crippen MR) is 122 cm³/mol. The van der Waals surface area contributed by atoms with Crippen LogP contribution in [-0.2, 0) is 4.79 Å². The molecule has 31 heavy (non-hydrogen) atoms. The molecule has 0 aliphatic carbocycles. The minimum atomic E-state index is -0.227. The lowest BCUT2D eigenvalue weighted by Gasteiger charge is -2.28. The average molecular weight is 435 g/mol. The Kier molecular flexibility index (Phi) is 4.94. The first-order valence-corrected chi connectivity index (χ1v) is 11.1. The number of carbonyl (C=O) groups is 1. The normalized spacial score (nSPS) is 16.9. The number of likely N-dealkylation sites (tertiary alicyclic amines) is 1. The number of rotatable bonds is 4. The smallest absolute Gasteiger partial charge is 0.259 e. The average Bonchev–Trinajstić information content (AvgIpc) is 3.23. The van der Waals surface area contributed by atoms with Crippen LogP contribution in [0.1, 0.15) is 18.4 Å². The van der Waals surface area contributed by atoms with E-state index in [0.29, 0.717) is 41.2 Å². The van der Waals surface area contributed by atoms with Gasteiger partial charge in [-0.2, -0.15) is 0 Å². The number of aryl methyl sites for hydroxylation is 1. The Labute approximate surface area is 182 Å². The van der Waals surface area contributed by atoms with Crippen LogP contribution < -0.4 is 10.3 Å². The van der Waals surface area contributed by atoms with Gasteiger partial charge in [0.1, 0.15) is 11.4 Å². The number of nitrogens with one attached hydrogen (secondary N) is 1. The molecule has 0 bridgehead atoms. The topological polar surface area (TPSA) is 88.2 Å². The summed E-state index contributed by atoms with van der Waals surface area (Å²) in [5.74, 6) is 1.41. The van der Waals surface area contributed by atoms with E-state index in [-0.39, 0.29) is 17.4 Å². The van der Waals surface area contributed by atoms with Gasteiger partial charge in [-0.25, -0.2) is 4.98 Å². The summed E-state index contributed by atoms with van der Waals surface area (Å²) in [5.41, 5.74) is 1.90. The van der Waals surface area contributed by atoms with Gasteiger partial charge in [-0.15, -0.1) is 11.3 Å². The maximum Gasteiger partial charge on any atom is 0.259 e. The van der Waals surface area contributed by atoms with Gasteiger partial charge in [0, 0.05) is 32.1 Å². The fraction of sp³-hybridized carbons (Fsp3) is 0.304. The lowest BCUT2D eigenvalue weighted by atomic mass is 9.97. The van der Waals surface area contributed by atoms with Crippen LogP contribution in [0.15, 0.2) is 40.6 Å². The summed E-state index contributed by atoms with van der Waals surface area (Å²) in [6.07, 6.45) is 3.22. The molecule has 1 aliphatic heterocycles. The molecule has 1 fully saturated rings. The molecule has 0 spiro atoms. The number of piperidine rings is 1. The van der Waals surface area contributed by atoms with Crippen LogP contribution in [0.2, 0.25) is 0 Å². The Morgan fingerprint density at radius 3 is 3.00 bits per heavy atom. The van der Waals surface area contributed by atoms with Crippen LogP contribution in [0.4, 0.5) is 0 Å². The van der Waals surface area contributed by atoms with Crippen molar-refractivity contribution in [3.8, 4) is 17.3 Å². The minimum absolute atomic E-state index is 0.150. The molecule has 1 N–H and O–H groups in total. The van der Waals surface area contributed by atoms with E-state index in [0.717, 1.165) is 28.6 Å². The van der Waals surface area contributed by atoms with Gasteiger partial charge in [0.2, 0.25) is 5.91 Å². The first kappa shape index (κ1) is 19.7. The molecule has 8 heteroatoms. The SMILES string of the molecule is Cc1cc(OCC2CCN(C)C(=O)C2)cc2c(=O)[nH]c(-c3cc4ccsc4cn3)nc12. The van der Waals surface area contributed by atoms with E-state index in [4.69, 9.17) is 4.74 Å². The molecule has 4 aromatic rings. The van der Waals surface area contributed by atoms with Gasteiger partial charge in [-0.1, -0.05) is 0 Å². The highest BCUT2D eigenvalue weighted by Crippen LogP contribution is 2.27. The molecule has 5 rings (SSSR count). The van der Waals surface area contributed by atoms with Crippen LogP contribution in [0, 0.1) is 12.8 Å². The number of amides is 1. The van der Waals surface area contributed by atoms with Gasteiger partial charge in [-0.05, 0) is 53.9 Å². The number of aromatic nitrogens is 3. The second-order valence-corrected chi connectivity index (χ2v) is 9.01. The first-order valence-electron chi connectivity index (χ1n) is 10.2. The number of hydrogen-bond acceptors (Lipinski definition) is 6. The molecule has 1 atom stereocenters. The van der Waals surface area contributed by atoms with Crippen LogP contribution >= 0.6 is 11.3 Å². The number of nitrogens with zero attached hydrogens (tertiary/aromatic N) is 3. The number of thiophene rings is 1. The third-order valence-electron chi connectivity index (χ3n) is 5.80. The van der Waals surface area contributed by atoms with Gasteiger partial charge in [0.15, 0.2) is 5.82 Å². The molecule has 1 unspecified atom stereocenters. The minimum Gasteiger partial charge on any atom is -0.493 e. The Morgan fingerprint density at radius 1 is 1.29 bits per heavy atom. The van der Waals surface area contributed by atoms with Crippen LogP contribution in [0.25, 0.3) is 32.5 Å². The van der Waals surface area contributed by atoms with Gasteiger partial charge in [-0.3, -0.25) is 14.6 Å². The number of ether oxygens (including phenoxy) is 1. The molecule has 1 aliphatic rings. The Balaban J connectivity index is 1.43. The molecule has 1 amide bonds. The lowest BCUT2D eigenvalue weighted by molar-refractivity contribution is -0.133. The van der Waals surface area contributed by atoms with E-state index in [2.05, 4.69) is 15.0 Å². The number of carbonyl (C=O) groups excluding carboxylic acids is 1. The van der Waals surface area contributed by atoms with E-state index in [1.807, 2.05) is 37.6 Å². The summed E-state index contributed by atoms with van der Waals surface area (Å²) < 4.78 is 7.06. The Bertz CT molecular complexity index is 1360. The van der Waals surface area contributed by atoms with Crippen molar-refractivity contribution in [3.05, 3.63) is 51.8 Å². The molecule has 3 aromatic heterocycles. The summed E-state index contributed by atoms with van der Waals surface area (Å²) >= 11 is 1.63. The molecular weight excluding hydrogens is 412 g/mol. The summed E-state index contributed by atoms with van der Waals surface area (Å²) in [6, 6.07) is 7.58. The fourth-order valence-corrected chi connectivity index (χ4v) is 4.68. The van der Waals surface area contributed by atoms with E-state index in [9.17, 15) is 9.59 Å². The fourth-order valence-electron chi connectivity index (χ4n) is 3.95. The second-order valence-electron chi connectivity index (χ2n) is 8.06. The van der Waals surface area contributed by atoms with Crippen molar-refractivity contribution < 1.29 is 9.53 Å². The van der Waals surface area contributed by atoms with E-state index >= 15 is 0 Å². The Morgan fingerprint density at radius 2 is 2.16 bits per heavy atom. The molecule has 0 radical (unpaired) electrons. The number of hydrogen-bond donors (Lipinski definition) is 1. The van der Waals surface area contributed by atoms with E-state index < -0.39 is 0 Å². The van der Waals surface area contributed by atoms with Crippen molar-refractivity contribution in [1.29, 1.82) is 0 Å². The molecule has 4 heterocycles. The zero-order valence-corrected chi connectivity index (χ0v) is 18.2. The number of H-pyrrole nitrogens is 1. The van der Waals surface area contributed by atoms with E-state index in [1.54, 1.807) is 28.5 Å². The van der Waals surface area contributed by atoms with Crippen LogP contribution in [0.3, 0.4) is 0 Å². The summed E-state index contributed by atoms with van der Waals surface area (Å²) in [5, 5.41) is 3.57. The number of pyridine rings is 1. The largest absolute Gasteiger partial charge is 0.493 e. The maximum atomic E-state index is 12.8. The van der Waals surface area contributed by atoms with Crippen molar-refractivity contribution in [1.82, 2.24) is 19.9 Å². The summed E-state index contributed by atoms with van der Waals surface area (Å²) in [4.78, 5) is 38.5. The Hall–Kier alpha value is -3.26. The van der Waals surface area contributed by atoms with E-state index in [1.165, 1.54) is 0 Å². The van der Waals surface area contributed by atoms with Crippen LogP contribution in [0.5, 0.6) is 5.75 Å². The number of benzene rings is 1. The van der Waals surface area contributed by atoms with Gasteiger partial charge in [0.25, 0.3) is 5.56 Å². The second kappa shape index (κ2) is 7.77. The van der Waals surface area contributed by atoms with Crippen molar-refractivity contribution in [3.63, 3.8) is 0 Å². The van der Waals surface area contributed by atoms with Gasteiger partial charge in [0.05, 0.1) is 22.2 Å². The molecule has 1 saturated heterocycles. The molecule has 1 aromatic carbocycles. The zero-order chi connectivity index (χ0) is 21.5. The van der Waals surface area contributed by atoms with Crippen molar-refractivity contribution in [2.75, 3.05) is 20.2 Å². The number of aromatic amines is 1. The maximum absolute atomic E-state index is 12.8. The third-order valence-corrected chi connectivity index (χ3v) is 6.67. The lowest BCUT2D eigenvalue weighted by Crippen LogP contribution is -2.37. The first-order chi connectivity index (χ1) is 15.0. The number of fused-ring (bicyclic) bond motifs is 2. The standard InChI is InChI=1S/C23H22N4O3S/c1-13-7-16(30-12-14-3-5-27(2)20(28)8-14)10-17-21(13)25-22(26-23(17)29)18-9-15-4-6-31-19(15)11-24-18/h4,6-7,9-11,14H,3,5,8,12H2,1-2H3,(H,25,26,29). The molecule has 0 saturated carbocycles. The summed E-state index contributed by atoms with van der Waals surface area (Å²) in [6.45, 7) is 3.12. The molecule has 7 nitrogen and oxygen atoms in total. The quantitative estimate of drug-likeness (QED) is 0.528. The van der Waals surface area contributed by atoms with Crippen molar-refractivity contribution in [2.45, 2.75) is 19.8 Å².